The van der Waals surface area contributed by atoms with Crippen LogP contribution in [0.3, 0.4) is 0 Å². The topological polar surface area (TPSA) is 221 Å². The van der Waals surface area contributed by atoms with Gasteiger partial charge in [0.2, 0.25) is 17.7 Å². The SMILES string of the molecule is C[C@@H](C(=O)C[C@H](C(=O)N1CC(NC(=O)c2ccc(/C=C/c3ccc(C[C@H](NC(=O)[C@H](C)N(C)C(=O)OC(C)(C)C)C(=O)O)cc3)cc2)CC1C(=O)N[C@@H]1CCCc2ccccc21)C(C)(C)C)N(C)C(=O)OC(C)(C)C. The van der Waals surface area contributed by atoms with E-state index in [0.717, 1.165) is 40.9 Å². The van der Waals surface area contributed by atoms with Gasteiger partial charge in [-0.05, 0) is 126 Å². The number of fused-ring (bicyclic) bond motifs is 1. The zero-order valence-corrected chi connectivity index (χ0v) is 45.9. The van der Waals surface area contributed by atoms with Crippen LogP contribution in [0.1, 0.15) is 146 Å². The number of aryl methyl sites for hydroxylation is 1. The van der Waals surface area contributed by atoms with Crippen LogP contribution in [-0.2, 0) is 46.3 Å². The van der Waals surface area contributed by atoms with Crippen LogP contribution >= 0.6 is 0 Å². The monoisotopic (exact) mass is 1030 g/mol. The number of likely N-dealkylation sites (N-methyl/N-ethyl adjacent to an activating group) is 2. The Kier molecular flexibility index (Phi) is 19.3. The van der Waals surface area contributed by atoms with Gasteiger partial charge in [0.1, 0.15) is 29.3 Å². The van der Waals surface area contributed by atoms with Gasteiger partial charge in [-0.2, -0.15) is 0 Å². The van der Waals surface area contributed by atoms with E-state index in [1.165, 1.54) is 36.4 Å². The summed E-state index contributed by atoms with van der Waals surface area (Å²) in [4.78, 5) is 111. The summed E-state index contributed by atoms with van der Waals surface area (Å²) < 4.78 is 10.8. The van der Waals surface area contributed by atoms with Crippen molar-refractivity contribution in [1.82, 2.24) is 30.7 Å². The third-order valence-corrected chi connectivity index (χ3v) is 13.7. The summed E-state index contributed by atoms with van der Waals surface area (Å²) in [5, 5.41) is 18.7. The summed E-state index contributed by atoms with van der Waals surface area (Å²) in [6.07, 6.45) is 4.86. The molecule has 1 aliphatic heterocycles. The Morgan fingerprint density at radius 2 is 1.29 bits per heavy atom. The molecule has 0 saturated carbocycles. The third kappa shape index (κ3) is 16.5. The van der Waals surface area contributed by atoms with Crippen molar-refractivity contribution >= 4 is 59.7 Å². The number of carbonyl (C=O) groups excluding carboxylic acids is 7. The lowest BCUT2D eigenvalue weighted by atomic mass is 9.76. The number of likely N-dealkylation sites (tertiary alicyclic amines) is 1. The number of amides is 6. The number of carbonyl (C=O) groups is 8. The van der Waals surface area contributed by atoms with Crippen LogP contribution < -0.4 is 16.0 Å². The minimum Gasteiger partial charge on any atom is -0.480 e. The molecule has 17 heteroatoms. The highest BCUT2D eigenvalue weighted by molar-refractivity contribution is 5.96. The molecular weight excluding hydrogens is 957 g/mol. The summed E-state index contributed by atoms with van der Waals surface area (Å²) in [6, 6.07) is 17.2. The number of ketones is 1. The van der Waals surface area contributed by atoms with Gasteiger partial charge in [0.15, 0.2) is 5.78 Å². The molecule has 1 fully saturated rings. The summed E-state index contributed by atoms with van der Waals surface area (Å²) in [6.45, 7) is 19.1. The molecule has 7 atom stereocenters. The normalized spacial score (nSPS) is 18.4. The Hall–Kier alpha value is -7.04. The van der Waals surface area contributed by atoms with Crippen molar-refractivity contribution in [2.24, 2.45) is 11.3 Å². The summed E-state index contributed by atoms with van der Waals surface area (Å²) in [5.74, 6) is -4.17. The van der Waals surface area contributed by atoms with E-state index in [0.29, 0.717) is 11.1 Å². The zero-order valence-electron chi connectivity index (χ0n) is 45.9. The van der Waals surface area contributed by atoms with E-state index in [9.17, 15) is 43.5 Å². The van der Waals surface area contributed by atoms with Crippen LogP contribution in [0.15, 0.2) is 72.8 Å². The fourth-order valence-corrected chi connectivity index (χ4v) is 9.02. The number of rotatable bonds is 17. The number of hydrogen-bond donors (Lipinski definition) is 4. The highest BCUT2D eigenvalue weighted by Crippen LogP contribution is 2.35. The molecule has 2 unspecified atom stereocenters. The maximum absolute atomic E-state index is 14.9. The first-order valence-corrected chi connectivity index (χ1v) is 25.8. The molecule has 1 aliphatic carbocycles. The smallest absolute Gasteiger partial charge is 0.410 e. The molecule has 1 heterocycles. The molecule has 406 valence electrons. The fourth-order valence-electron chi connectivity index (χ4n) is 9.02. The largest absolute Gasteiger partial charge is 0.480 e. The van der Waals surface area contributed by atoms with E-state index in [4.69, 9.17) is 9.47 Å². The van der Waals surface area contributed by atoms with Crippen LogP contribution in [-0.4, -0.2) is 129 Å². The van der Waals surface area contributed by atoms with Crippen molar-refractivity contribution < 1.29 is 52.9 Å². The predicted molar refractivity (Wildman–Crippen MR) is 286 cm³/mol. The Morgan fingerprint density at radius 3 is 1.84 bits per heavy atom. The van der Waals surface area contributed by atoms with Crippen molar-refractivity contribution in [2.75, 3.05) is 20.6 Å². The van der Waals surface area contributed by atoms with Gasteiger partial charge in [-0.15, -0.1) is 0 Å². The molecule has 4 N–H and O–H groups in total. The number of benzene rings is 3. The molecule has 0 bridgehead atoms. The molecule has 3 aromatic rings. The van der Waals surface area contributed by atoms with Gasteiger partial charge in [0.25, 0.3) is 5.91 Å². The number of carboxylic acids is 1. The lowest BCUT2D eigenvalue weighted by molar-refractivity contribution is -0.146. The highest BCUT2D eigenvalue weighted by Gasteiger charge is 2.46. The zero-order chi connectivity index (χ0) is 55.7. The number of aliphatic carboxylic acids is 1. The van der Waals surface area contributed by atoms with Gasteiger partial charge in [0.05, 0.1) is 12.1 Å². The molecule has 0 aromatic heterocycles. The van der Waals surface area contributed by atoms with Crippen molar-refractivity contribution in [3.8, 4) is 0 Å². The number of nitrogens with zero attached hydrogens (tertiary/aromatic N) is 3. The predicted octanol–water partition coefficient (Wildman–Crippen LogP) is 7.99. The van der Waals surface area contributed by atoms with E-state index < -0.39 is 76.8 Å². The molecule has 17 nitrogen and oxygen atoms in total. The van der Waals surface area contributed by atoms with Gasteiger partial charge in [-0.1, -0.05) is 93.6 Å². The minimum absolute atomic E-state index is 0.00448. The number of Topliss-reactive ketones (excluding diaryl/α,β-unsaturated/α-hetero) is 1. The molecule has 0 spiro atoms. The lowest BCUT2D eigenvalue weighted by Gasteiger charge is -2.36. The maximum Gasteiger partial charge on any atom is 0.410 e. The van der Waals surface area contributed by atoms with E-state index in [1.807, 2.05) is 63.3 Å². The van der Waals surface area contributed by atoms with Crippen LogP contribution in [0.25, 0.3) is 12.2 Å². The first-order valence-electron chi connectivity index (χ1n) is 25.8. The second kappa shape index (κ2) is 24.5. The Bertz CT molecular complexity index is 2590. The number of hydrogen-bond acceptors (Lipinski definition) is 10. The van der Waals surface area contributed by atoms with Gasteiger partial charge >= 0.3 is 18.2 Å². The third-order valence-electron chi connectivity index (χ3n) is 13.7. The quantitative estimate of drug-likeness (QED) is 0.0949. The first-order chi connectivity index (χ1) is 34.9. The molecule has 0 radical (unpaired) electrons. The number of nitrogens with one attached hydrogen (secondary N) is 3. The molecule has 75 heavy (non-hydrogen) atoms. The second-order valence-corrected chi connectivity index (χ2v) is 23.0. The Balaban J connectivity index is 1.26. The van der Waals surface area contributed by atoms with Crippen LogP contribution in [0, 0.1) is 11.3 Å². The standard InChI is InChI=1S/C58H78N6O11/c1-35(62(12)54(72)74-57(6,7)8)48(65)33-44(56(3,4)5)52(69)64-34-42(32-47(64)51(68)60-45-20-16-18-40-17-14-15-19-43(40)45)59-50(67)41-29-27-38(28-30-41)22-21-37-23-25-39(26-24-37)31-46(53(70)71)61-49(66)36(2)63(13)55(73)75-58(9,10)11/h14-15,17,19,21-30,35-36,42,44-47H,16,18,20,31-34H2,1-13H3,(H,59,67)(H,60,68)(H,61,66)(H,70,71)/b22-21+/t35-,36-,42?,44+,45+,46-,47?/m0/s1. The lowest BCUT2D eigenvalue weighted by Crippen LogP contribution is -2.52. The molecule has 6 amide bonds. The van der Waals surface area contributed by atoms with Crippen molar-refractivity contribution in [3.63, 3.8) is 0 Å². The van der Waals surface area contributed by atoms with E-state index in [-0.39, 0.29) is 55.4 Å². The van der Waals surface area contributed by atoms with Gasteiger partial charge < -0.3 is 40.3 Å². The molecule has 2 aliphatic rings. The van der Waals surface area contributed by atoms with E-state index >= 15 is 0 Å². The summed E-state index contributed by atoms with van der Waals surface area (Å²) in [5.41, 5.74) is 2.58. The van der Waals surface area contributed by atoms with E-state index in [1.54, 1.807) is 84.9 Å². The van der Waals surface area contributed by atoms with Crippen molar-refractivity contribution in [2.45, 2.75) is 162 Å². The number of ether oxygens (including phenoxy) is 2. The minimum atomic E-state index is -1.25. The summed E-state index contributed by atoms with van der Waals surface area (Å²) >= 11 is 0. The number of carboxylic acid groups (broad SMARTS) is 1. The molecular formula is C58H78N6O11. The molecule has 5 rings (SSSR count). The van der Waals surface area contributed by atoms with Crippen LogP contribution in [0.5, 0.6) is 0 Å². The van der Waals surface area contributed by atoms with Crippen molar-refractivity contribution in [1.29, 1.82) is 0 Å². The van der Waals surface area contributed by atoms with Crippen LogP contribution in [0.2, 0.25) is 0 Å². The van der Waals surface area contributed by atoms with Gasteiger partial charge in [0, 0.05) is 51.0 Å². The highest BCUT2D eigenvalue weighted by atomic mass is 16.6. The fraction of sp³-hybridized carbons (Fsp3) is 0.517. The maximum atomic E-state index is 14.9. The average molecular weight is 1040 g/mol. The van der Waals surface area contributed by atoms with Gasteiger partial charge in [-0.25, -0.2) is 14.4 Å². The molecule has 1 saturated heterocycles. The van der Waals surface area contributed by atoms with Gasteiger partial charge in [-0.3, -0.25) is 28.9 Å². The first kappa shape index (κ1) is 58.8. The van der Waals surface area contributed by atoms with Crippen LogP contribution in [0.4, 0.5) is 9.59 Å². The Labute approximate surface area is 442 Å². The van der Waals surface area contributed by atoms with E-state index in [2.05, 4.69) is 22.0 Å². The second-order valence-electron chi connectivity index (χ2n) is 23.0. The van der Waals surface area contributed by atoms with Crippen molar-refractivity contribution in [3.05, 3.63) is 106 Å². The summed E-state index contributed by atoms with van der Waals surface area (Å²) in [7, 11) is 2.90. The average Bonchev–Trinajstić information content (AvgIpc) is 3.76. The Morgan fingerprint density at radius 1 is 0.747 bits per heavy atom. The molecule has 3 aromatic carbocycles.